The summed E-state index contributed by atoms with van der Waals surface area (Å²) < 4.78 is 0. The summed E-state index contributed by atoms with van der Waals surface area (Å²) in [6, 6.07) is 0. The first kappa shape index (κ1) is 9.87. The zero-order valence-electron chi connectivity index (χ0n) is 6.96. The van der Waals surface area contributed by atoms with E-state index >= 15 is 0 Å². The van der Waals surface area contributed by atoms with E-state index in [4.69, 9.17) is 0 Å². The molecule has 1 aliphatic heterocycles. The van der Waals surface area contributed by atoms with Gasteiger partial charge in [-0.2, -0.15) is 12.6 Å². The van der Waals surface area contributed by atoms with Crippen LogP contribution in [0.25, 0.3) is 0 Å². The van der Waals surface area contributed by atoms with Crippen molar-refractivity contribution in [3.05, 3.63) is 0 Å². The zero-order valence-corrected chi connectivity index (χ0v) is 9.44. The Morgan fingerprint density at radius 1 is 1.64 bits per heavy atom. The average molecular weight is 238 g/mol. The number of hydrogen-bond donors (Lipinski definition) is 1. The van der Waals surface area contributed by atoms with Crippen molar-refractivity contribution in [1.82, 2.24) is 4.90 Å². The van der Waals surface area contributed by atoms with Gasteiger partial charge in [-0.1, -0.05) is 22.9 Å². The Hall–Kier alpha value is 0.790. The summed E-state index contributed by atoms with van der Waals surface area (Å²) >= 11 is 7.92. The SMILES string of the molecule is CC1CCN(CCS)C(Br)C1. The molecule has 0 bridgehead atoms. The molecule has 1 saturated heterocycles. The quantitative estimate of drug-likeness (QED) is 0.439. The van der Waals surface area contributed by atoms with E-state index < -0.39 is 0 Å². The van der Waals surface area contributed by atoms with E-state index in [1.165, 1.54) is 19.4 Å². The zero-order chi connectivity index (χ0) is 8.27. The molecule has 0 aliphatic carbocycles. The van der Waals surface area contributed by atoms with Gasteiger partial charge in [-0.15, -0.1) is 0 Å². The first-order valence-corrected chi connectivity index (χ1v) is 5.78. The van der Waals surface area contributed by atoms with Crippen LogP contribution in [-0.4, -0.2) is 28.7 Å². The van der Waals surface area contributed by atoms with Crippen molar-refractivity contribution in [1.29, 1.82) is 0 Å². The Bertz CT molecular complexity index is 121. The van der Waals surface area contributed by atoms with Crippen LogP contribution < -0.4 is 0 Å². The summed E-state index contributed by atoms with van der Waals surface area (Å²) in [5.41, 5.74) is 0. The molecule has 1 aliphatic rings. The lowest BCUT2D eigenvalue weighted by atomic mass is 9.99. The topological polar surface area (TPSA) is 3.24 Å². The van der Waals surface area contributed by atoms with Gasteiger partial charge in [-0.3, -0.25) is 4.90 Å². The van der Waals surface area contributed by atoms with E-state index in [0.29, 0.717) is 4.95 Å². The van der Waals surface area contributed by atoms with Gasteiger partial charge >= 0.3 is 0 Å². The standard InChI is InChI=1S/C8H16BrNS/c1-7-2-3-10(4-5-11)8(9)6-7/h7-8,11H,2-6H2,1H3. The van der Waals surface area contributed by atoms with Crippen molar-refractivity contribution in [2.24, 2.45) is 5.92 Å². The molecule has 2 unspecified atom stereocenters. The monoisotopic (exact) mass is 237 g/mol. The Kier molecular flexibility index (Phi) is 4.24. The summed E-state index contributed by atoms with van der Waals surface area (Å²) in [5, 5.41) is 0. The van der Waals surface area contributed by atoms with E-state index in [0.717, 1.165) is 18.2 Å². The van der Waals surface area contributed by atoms with Gasteiger partial charge in [-0.25, -0.2) is 0 Å². The van der Waals surface area contributed by atoms with Crippen LogP contribution in [0.3, 0.4) is 0 Å². The van der Waals surface area contributed by atoms with Crippen LogP contribution in [0.4, 0.5) is 0 Å². The highest BCUT2D eigenvalue weighted by Crippen LogP contribution is 2.25. The van der Waals surface area contributed by atoms with Gasteiger partial charge in [0.25, 0.3) is 0 Å². The second-order valence-electron chi connectivity index (χ2n) is 3.32. The third-order valence-electron chi connectivity index (χ3n) is 2.29. The molecule has 1 rings (SSSR count). The number of alkyl halides is 1. The van der Waals surface area contributed by atoms with Crippen molar-refractivity contribution in [3.63, 3.8) is 0 Å². The molecule has 1 fully saturated rings. The maximum absolute atomic E-state index is 4.23. The summed E-state index contributed by atoms with van der Waals surface area (Å²) in [7, 11) is 0. The molecule has 0 aromatic heterocycles. The lowest BCUT2D eigenvalue weighted by molar-refractivity contribution is 0.185. The predicted octanol–water partition coefficient (Wildman–Crippen LogP) is 2.37. The maximum Gasteiger partial charge on any atom is 0.0658 e. The highest BCUT2D eigenvalue weighted by molar-refractivity contribution is 9.09. The van der Waals surface area contributed by atoms with Gasteiger partial charge in [0.1, 0.15) is 0 Å². The molecule has 0 radical (unpaired) electrons. The molecule has 11 heavy (non-hydrogen) atoms. The van der Waals surface area contributed by atoms with Crippen molar-refractivity contribution in [2.45, 2.75) is 24.7 Å². The van der Waals surface area contributed by atoms with Crippen LogP contribution >= 0.6 is 28.6 Å². The first-order valence-electron chi connectivity index (χ1n) is 4.23. The number of thiol groups is 1. The smallest absolute Gasteiger partial charge is 0.0658 e. The molecule has 1 heterocycles. The fraction of sp³-hybridized carbons (Fsp3) is 1.00. The molecule has 0 amide bonds. The molecule has 0 saturated carbocycles. The van der Waals surface area contributed by atoms with Gasteiger partial charge < -0.3 is 0 Å². The Morgan fingerprint density at radius 3 is 2.91 bits per heavy atom. The number of nitrogens with zero attached hydrogens (tertiary/aromatic N) is 1. The number of halogens is 1. The number of piperidine rings is 1. The third kappa shape index (κ3) is 2.96. The Balaban J connectivity index is 2.31. The largest absolute Gasteiger partial charge is 0.290 e. The van der Waals surface area contributed by atoms with E-state index in [2.05, 4.69) is 40.4 Å². The lowest BCUT2D eigenvalue weighted by Crippen LogP contribution is -2.39. The fourth-order valence-corrected chi connectivity index (χ4v) is 2.81. The summed E-state index contributed by atoms with van der Waals surface area (Å²) in [5.74, 6) is 1.85. The van der Waals surface area contributed by atoms with E-state index in [-0.39, 0.29) is 0 Å². The van der Waals surface area contributed by atoms with Crippen molar-refractivity contribution >= 4 is 28.6 Å². The van der Waals surface area contributed by atoms with Crippen LogP contribution in [0.1, 0.15) is 19.8 Å². The van der Waals surface area contributed by atoms with Gasteiger partial charge in [0, 0.05) is 12.3 Å². The van der Waals surface area contributed by atoms with Crippen molar-refractivity contribution < 1.29 is 0 Å². The van der Waals surface area contributed by atoms with Gasteiger partial charge in [0.05, 0.1) is 4.95 Å². The van der Waals surface area contributed by atoms with Crippen molar-refractivity contribution in [2.75, 3.05) is 18.8 Å². The Labute approximate surface area is 83.1 Å². The molecule has 0 N–H and O–H groups in total. The molecular weight excluding hydrogens is 222 g/mol. The number of hydrogen-bond acceptors (Lipinski definition) is 2. The summed E-state index contributed by atoms with van der Waals surface area (Å²) in [6.07, 6.45) is 2.63. The van der Waals surface area contributed by atoms with E-state index in [1.54, 1.807) is 0 Å². The molecule has 1 nitrogen and oxygen atoms in total. The minimum atomic E-state index is 0.596. The number of likely N-dealkylation sites (tertiary alicyclic amines) is 1. The Morgan fingerprint density at radius 2 is 2.36 bits per heavy atom. The van der Waals surface area contributed by atoms with E-state index in [1.807, 2.05) is 0 Å². The van der Waals surface area contributed by atoms with Gasteiger partial charge in [-0.05, 0) is 25.3 Å². The van der Waals surface area contributed by atoms with Crippen LogP contribution in [-0.2, 0) is 0 Å². The minimum Gasteiger partial charge on any atom is -0.290 e. The van der Waals surface area contributed by atoms with Crippen LogP contribution in [0.15, 0.2) is 0 Å². The molecule has 0 aromatic rings. The normalized spacial score (nSPS) is 34.1. The predicted molar refractivity (Wildman–Crippen MR) is 56.5 cm³/mol. The lowest BCUT2D eigenvalue weighted by Gasteiger charge is -2.34. The second kappa shape index (κ2) is 4.73. The van der Waals surface area contributed by atoms with Crippen LogP contribution in [0.2, 0.25) is 0 Å². The summed E-state index contributed by atoms with van der Waals surface area (Å²) in [6.45, 7) is 4.68. The third-order valence-corrected chi connectivity index (χ3v) is 3.44. The van der Waals surface area contributed by atoms with Crippen LogP contribution in [0, 0.1) is 5.92 Å². The highest BCUT2D eigenvalue weighted by atomic mass is 79.9. The molecule has 0 aromatic carbocycles. The molecule has 3 heteroatoms. The van der Waals surface area contributed by atoms with Crippen LogP contribution in [0.5, 0.6) is 0 Å². The fourth-order valence-electron chi connectivity index (χ4n) is 1.51. The molecule has 66 valence electrons. The maximum atomic E-state index is 4.23. The molecule has 0 spiro atoms. The van der Waals surface area contributed by atoms with Gasteiger partial charge in [0.2, 0.25) is 0 Å². The first-order chi connectivity index (χ1) is 5.24. The number of rotatable bonds is 2. The molecule has 2 atom stereocenters. The second-order valence-corrected chi connectivity index (χ2v) is 4.83. The van der Waals surface area contributed by atoms with Crippen molar-refractivity contribution in [3.8, 4) is 0 Å². The van der Waals surface area contributed by atoms with E-state index in [9.17, 15) is 0 Å². The summed E-state index contributed by atoms with van der Waals surface area (Å²) in [4.78, 5) is 3.06. The van der Waals surface area contributed by atoms with Gasteiger partial charge in [0.15, 0.2) is 0 Å². The minimum absolute atomic E-state index is 0.596. The average Bonchev–Trinajstić information content (AvgIpc) is 1.95. The highest BCUT2D eigenvalue weighted by Gasteiger charge is 2.22. The molecular formula is C8H16BrNS.